The summed E-state index contributed by atoms with van der Waals surface area (Å²) in [6.07, 6.45) is 0. The lowest BCUT2D eigenvalue weighted by atomic mass is 10.2. The van der Waals surface area contributed by atoms with Crippen LogP contribution >= 0.6 is 11.6 Å². The van der Waals surface area contributed by atoms with Gasteiger partial charge in [0, 0.05) is 16.5 Å². The van der Waals surface area contributed by atoms with Crippen LogP contribution in [0.4, 0.5) is 11.8 Å². The summed E-state index contributed by atoms with van der Waals surface area (Å²) in [7, 11) is 0. The largest absolute Gasteiger partial charge is 0.423 e. The van der Waals surface area contributed by atoms with Gasteiger partial charge in [0.15, 0.2) is 11.4 Å². The number of nitrogens with one attached hydrogen (secondary N) is 1. The number of hydrogen-bond donors (Lipinski definition) is 1. The van der Waals surface area contributed by atoms with Crippen molar-refractivity contribution in [3.8, 4) is 5.82 Å². The summed E-state index contributed by atoms with van der Waals surface area (Å²) >= 11 is 6.02. The molecule has 0 amide bonds. The number of pyridine rings is 1. The molecule has 0 saturated carbocycles. The van der Waals surface area contributed by atoms with E-state index in [-0.39, 0.29) is 0 Å². The number of fused-ring (bicyclic) bond motifs is 2. The van der Waals surface area contributed by atoms with Crippen LogP contribution in [-0.2, 0) is 0 Å². The average molecular weight is 376 g/mol. The second kappa shape index (κ2) is 6.10. The zero-order chi connectivity index (χ0) is 18.4. The summed E-state index contributed by atoms with van der Waals surface area (Å²) in [5, 5.41) is 9.43. The molecule has 3 heterocycles. The van der Waals surface area contributed by atoms with Crippen molar-refractivity contribution in [3.05, 3.63) is 71.4 Å². The Hall–Kier alpha value is -3.38. The fraction of sp³-hybridized carbons (Fsp3) is 0.0500. The first kappa shape index (κ1) is 15.8. The molecule has 0 atom stereocenters. The van der Waals surface area contributed by atoms with Crippen molar-refractivity contribution >= 4 is 45.4 Å². The summed E-state index contributed by atoms with van der Waals surface area (Å²) < 4.78 is 7.49. The molecule has 0 aliphatic heterocycles. The first-order chi connectivity index (χ1) is 13.2. The van der Waals surface area contributed by atoms with Crippen molar-refractivity contribution in [1.82, 2.24) is 19.7 Å². The Kier molecular flexibility index (Phi) is 3.58. The highest BCUT2D eigenvalue weighted by Crippen LogP contribution is 2.26. The Labute approximate surface area is 159 Å². The van der Waals surface area contributed by atoms with Gasteiger partial charge in [-0.1, -0.05) is 29.8 Å². The van der Waals surface area contributed by atoms with Crippen LogP contribution in [0.15, 0.2) is 65.1 Å². The van der Waals surface area contributed by atoms with E-state index in [9.17, 15) is 0 Å². The van der Waals surface area contributed by atoms with E-state index >= 15 is 0 Å². The number of anilines is 2. The molecule has 0 unspecified atom stereocenters. The van der Waals surface area contributed by atoms with Crippen LogP contribution in [0.3, 0.4) is 0 Å². The molecule has 0 aliphatic rings. The Morgan fingerprint density at radius 1 is 0.963 bits per heavy atom. The molecule has 0 saturated heterocycles. The number of aromatic nitrogens is 4. The maximum atomic E-state index is 6.02. The quantitative estimate of drug-likeness (QED) is 0.465. The van der Waals surface area contributed by atoms with Gasteiger partial charge in [0.25, 0.3) is 0 Å². The summed E-state index contributed by atoms with van der Waals surface area (Å²) in [5.74, 6) is 1.43. The number of rotatable bonds is 3. The number of para-hydroxylation sites is 1. The standard InChI is InChI=1S/C20H14ClN5O/c1-12-10-19(24-20-23-16-11-14(21)7-8-17(16)27-20)26(25-12)18-9-6-13-4-2-3-5-15(13)22-18/h2-11H,1H3,(H,23,24). The monoisotopic (exact) mass is 375 g/mol. The molecule has 132 valence electrons. The highest BCUT2D eigenvalue weighted by atomic mass is 35.5. The summed E-state index contributed by atoms with van der Waals surface area (Å²) in [4.78, 5) is 9.15. The zero-order valence-electron chi connectivity index (χ0n) is 14.3. The molecule has 1 N–H and O–H groups in total. The molecule has 7 heteroatoms. The topological polar surface area (TPSA) is 68.8 Å². The number of aryl methyl sites for hydroxylation is 1. The lowest BCUT2D eigenvalue weighted by Crippen LogP contribution is -2.04. The SMILES string of the molecule is Cc1cc(Nc2nc3cc(Cl)ccc3o2)n(-c2ccc3ccccc3n2)n1. The van der Waals surface area contributed by atoms with Gasteiger partial charge in [-0.15, -0.1) is 0 Å². The number of halogens is 1. The van der Waals surface area contributed by atoms with Crippen molar-refractivity contribution in [3.63, 3.8) is 0 Å². The maximum Gasteiger partial charge on any atom is 0.301 e. The zero-order valence-corrected chi connectivity index (χ0v) is 15.1. The Bertz CT molecular complexity index is 1290. The molecule has 0 radical (unpaired) electrons. The molecule has 27 heavy (non-hydrogen) atoms. The molecular formula is C20H14ClN5O. The van der Waals surface area contributed by atoms with E-state index in [1.807, 2.05) is 49.4 Å². The van der Waals surface area contributed by atoms with Crippen molar-refractivity contribution in [2.24, 2.45) is 0 Å². The van der Waals surface area contributed by atoms with Gasteiger partial charge in [-0.3, -0.25) is 5.32 Å². The third-order valence-corrected chi connectivity index (χ3v) is 4.45. The lowest BCUT2D eigenvalue weighted by Gasteiger charge is -2.07. The van der Waals surface area contributed by atoms with E-state index in [0.29, 0.717) is 33.8 Å². The smallest absolute Gasteiger partial charge is 0.301 e. The Morgan fingerprint density at radius 2 is 1.85 bits per heavy atom. The molecule has 5 rings (SSSR count). The van der Waals surface area contributed by atoms with Crippen molar-refractivity contribution in [1.29, 1.82) is 0 Å². The molecular weight excluding hydrogens is 362 g/mol. The van der Waals surface area contributed by atoms with Crippen LogP contribution in [0.5, 0.6) is 0 Å². The van der Waals surface area contributed by atoms with Gasteiger partial charge in [-0.2, -0.15) is 14.8 Å². The normalized spacial score (nSPS) is 11.3. The predicted molar refractivity (Wildman–Crippen MR) is 106 cm³/mol. The van der Waals surface area contributed by atoms with Crippen LogP contribution in [0, 0.1) is 6.92 Å². The van der Waals surface area contributed by atoms with Gasteiger partial charge in [-0.25, -0.2) is 4.98 Å². The fourth-order valence-corrected chi connectivity index (χ4v) is 3.17. The third kappa shape index (κ3) is 2.90. The minimum atomic E-state index is 0.370. The fourth-order valence-electron chi connectivity index (χ4n) is 3.00. The molecule has 0 spiro atoms. The van der Waals surface area contributed by atoms with Crippen molar-refractivity contribution in [2.45, 2.75) is 6.92 Å². The third-order valence-electron chi connectivity index (χ3n) is 4.22. The predicted octanol–water partition coefficient (Wildman–Crippen LogP) is 5.27. The second-order valence-corrected chi connectivity index (χ2v) is 6.64. The molecule has 6 nitrogen and oxygen atoms in total. The van der Waals surface area contributed by atoms with E-state index < -0.39 is 0 Å². The molecule has 0 fully saturated rings. The number of hydrogen-bond acceptors (Lipinski definition) is 5. The van der Waals surface area contributed by atoms with Crippen LogP contribution in [0.1, 0.15) is 5.69 Å². The van der Waals surface area contributed by atoms with E-state index in [4.69, 9.17) is 21.0 Å². The van der Waals surface area contributed by atoms with Crippen LogP contribution in [0.25, 0.3) is 27.8 Å². The van der Waals surface area contributed by atoms with Crippen molar-refractivity contribution in [2.75, 3.05) is 5.32 Å². The number of oxazole rings is 1. The average Bonchev–Trinajstić information content (AvgIpc) is 3.23. The van der Waals surface area contributed by atoms with Gasteiger partial charge in [0.1, 0.15) is 11.3 Å². The van der Waals surface area contributed by atoms with Gasteiger partial charge in [-0.05, 0) is 43.3 Å². The molecule has 3 aromatic heterocycles. The van der Waals surface area contributed by atoms with E-state index in [2.05, 4.69) is 15.4 Å². The van der Waals surface area contributed by atoms with Crippen LogP contribution in [-0.4, -0.2) is 19.7 Å². The first-order valence-electron chi connectivity index (χ1n) is 8.42. The van der Waals surface area contributed by atoms with Gasteiger partial charge >= 0.3 is 6.01 Å². The lowest BCUT2D eigenvalue weighted by molar-refractivity contribution is 0.621. The van der Waals surface area contributed by atoms with Crippen LogP contribution < -0.4 is 5.32 Å². The Morgan fingerprint density at radius 3 is 2.78 bits per heavy atom. The minimum absolute atomic E-state index is 0.370. The van der Waals surface area contributed by atoms with E-state index in [1.165, 1.54) is 0 Å². The van der Waals surface area contributed by atoms with Crippen LogP contribution in [0.2, 0.25) is 5.02 Å². The number of benzene rings is 2. The van der Waals surface area contributed by atoms with Gasteiger partial charge in [0.2, 0.25) is 0 Å². The molecule has 0 aliphatic carbocycles. The van der Waals surface area contributed by atoms with Crippen molar-refractivity contribution < 1.29 is 4.42 Å². The Balaban J connectivity index is 1.56. The number of nitrogens with zero attached hydrogens (tertiary/aromatic N) is 4. The highest BCUT2D eigenvalue weighted by Gasteiger charge is 2.13. The first-order valence-corrected chi connectivity index (χ1v) is 8.79. The highest BCUT2D eigenvalue weighted by molar-refractivity contribution is 6.31. The maximum absolute atomic E-state index is 6.02. The van der Waals surface area contributed by atoms with Gasteiger partial charge < -0.3 is 4.42 Å². The second-order valence-electron chi connectivity index (χ2n) is 6.20. The molecule has 5 aromatic rings. The minimum Gasteiger partial charge on any atom is -0.423 e. The summed E-state index contributed by atoms with van der Waals surface area (Å²) in [6.45, 7) is 1.93. The molecule has 2 aromatic carbocycles. The summed E-state index contributed by atoms with van der Waals surface area (Å²) in [5.41, 5.74) is 3.11. The summed E-state index contributed by atoms with van der Waals surface area (Å²) in [6, 6.07) is 19.5. The van der Waals surface area contributed by atoms with E-state index in [0.717, 1.165) is 16.6 Å². The van der Waals surface area contributed by atoms with E-state index in [1.54, 1.807) is 22.9 Å². The molecule has 0 bridgehead atoms. The van der Waals surface area contributed by atoms with Gasteiger partial charge in [0.05, 0.1) is 11.2 Å².